The molecule has 0 bridgehead atoms. The monoisotopic (exact) mass is 1270 g/mol. The van der Waals surface area contributed by atoms with Crippen molar-refractivity contribution in [3.05, 3.63) is 72.9 Å². The Labute approximate surface area is 534 Å². The first-order valence-corrected chi connectivity index (χ1v) is 34.7. The summed E-state index contributed by atoms with van der Waals surface area (Å²) >= 11 is 0. The second-order valence-electron chi connectivity index (χ2n) is 24.6. The number of aliphatic hydroxyl groups excluding tert-OH is 11. The fourth-order valence-electron chi connectivity index (χ4n) is 11.4. The number of carbonyl (C=O) groups is 1. The summed E-state index contributed by atoms with van der Waals surface area (Å²) in [4.78, 5) is 13.4. The molecule has 0 saturated carbocycles. The lowest BCUT2D eigenvalue weighted by atomic mass is 9.96. The molecule has 3 aliphatic heterocycles. The van der Waals surface area contributed by atoms with Crippen molar-refractivity contribution in [2.24, 2.45) is 0 Å². The van der Waals surface area contributed by atoms with Crippen molar-refractivity contribution in [3.8, 4) is 0 Å². The highest BCUT2D eigenvalue weighted by Crippen LogP contribution is 2.33. The molecule has 1 amide bonds. The molecule has 3 heterocycles. The van der Waals surface area contributed by atoms with Gasteiger partial charge >= 0.3 is 0 Å². The molecule has 19 heteroatoms. The van der Waals surface area contributed by atoms with Gasteiger partial charge in [-0.1, -0.05) is 234 Å². The molecule has 17 atom stereocenters. The Hall–Kier alpha value is -2.77. The minimum Gasteiger partial charge on any atom is -0.394 e. The molecule has 0 radical (unpaired) electrons. The minimum atomic E-state index is -1.98. The van der Waals surface area contributed by atoms with Crippen molar-refractivity contribution in [3.63, 3.8) is 0 Å². The van der Waals surface area contributed by atoms with Gasteiger partial charge in [0.05, 0.1) is 38.6 Å². The van der Waals surface area contributed by atoms with E-state index in [1.807, 2.05) is 0 Å². The van der Waals surface area contributed by atoms with Crippen molar-refractivity contribution >= 4 is 5.91 Å². The van der Waals surface area contributed by atoms with Crippen molar-refractivity contribution in [1.82, 2.24) is 5.32 Å². The maximum Gasteiger partial charge on any atom is 0.220 e. The van der Waals surface area contributed by atoms with Crippen LogP contribution in [-0.2, 0) is 33.2 Å². The number of hydrogen-bond acceptors (Lipinski definition) is 18. The van der Waals surface area contributed by atoms with Crippen molar-refractivity contribution in [1.29, 1.82) is 0 Å². The first-order valence-electron chi connectivity index (χ1n) is 34.7. The highest BCUT2D eigenvalue weighted by molar-refractivity contribution is 5.76. The quantitative estimate of drug-likeness (QED) is 0.0200. The fourth-order valence-corrected chi connectivity index (χ4v) is 11.4. The molecule has 0 spiro atoms. The standard InChI is InChI=1S/C70H123NO18/c1-3-5-7-9-11-13-15-17-19-21-23-25-26-28-30-32-34-36-38-40-42-44-46-48-58(76)71-53(54(75)47-45-43-41-39-37-35-33-31-29-27-24-22-20-18-16-14-12-10-8-6-4-2)52-84-68-64(82)61(79)66(56(50-73)86-68)89-70-65(83)62(80)67(57(51-74)87-70)88-69-63(81)60(78)59(77)55(49-72)85-69/h5,7,11,13,17,19,23,25,28,30,34,36,53-57,59-70,72-75,77-83H,3-4,6,8-10,12,14-16,18,20-22,24,26-27,29,31-33,35,37-52H2,1-2H3,(H,71,76)/b7-5-,13-11-,19-17-,25-23-,30-28-,36-34-. The molecular formula is C70H123NO18. The van der Waals surface area contributed by atoms with E-state index in [1.54, 1.807) is 0 Å². The summed E-state index contributed by atoms with van der Waals surface area (Å²) in [6.45, 7) is 1.67. The van der Waals surface area contributed by atoms with Crippen molar-refractivity contribution in [2.45, 2.75) is 336 Å². The summed E-state index contributed by atoms with van der Waals surface area (Å²) in [5.41, 5.74) is 0. The van der Waals surface area contributed by atoms with Gasteiger partial charge < -0.3 is 89.9 Å². The Morgan fingerprint density at radius 2 is 0.775 bits per heavy atom. The van der Waals surface area contributed by atoms with Crippen LogP contribution >= 0.6 is 0 Å². The number of hydrogen-bond donors (Lipinski definition) is 12. The van der Waals surface area contributed by atoms with Gasteiger partial charge in [0.15, 0.2) is 18.9 Å². The molecule has 12 N–H and O–H groups in total. The number of carbonyl (C=O) groups excluding carboxylic acids is 1. The van der Waals surface area contributed by atoms with Gasteiger partial charge in [-0.2, -0.15) is 0 Å². The van der Waals surface area contributed by atoms with E-state index in [1.165, 1.54) is 109 Å². The Balaban J connectivity index is 1.45. The van der Waals surface area contributed by atoms with Crippen LogP contribution in [-0.4, -0.2) is 193 Å². The predicted molar refractivity (Wildman–Crippen MR) is 346 cm³/mol. The third kappa shape index (κ3) is 33.8. The van der Waals surface area contributed by atoms with E-state index in [9.17, 15) is 61.0 Å². The zero-order chi connectivity index (χ0) is 64.7. The number of aliphatic hydroxyl groups is 11. The van der Waals surface area contributed by atoms with Crippen LogP contribution in [0.5, 0.6) is 0 Å². The molecular weight excluding hydrogens is 1140 g/mol. The zero-order valence-corrected chi connectivity index (χ0v) is 54.4. The Bertz CT molecular complexity index is 1900. The summed E-state index contributed by atoms with van der Waals surface area (Å²) in [5.74, 6) is -0.268. The van der Waals surface area contributed by atoms with E-state index in [-0.39, 0.29) is 18.9 Å². The topological polar surface area (TPSA) is 307 Å². The molecule has 3 aliphatic rings. The predicted octanol–water partition coefficient (Wildman–Crippen LogP) is 8.94. The lowest BCUT2D eigenvalue weighted by Crippen LogP contribution is -2.66. The Morgan fingerprint density at radius 3 is 1.21 bits per heavy atom. The van der Waals surface area contributed by atoms with E-state index in [4.69, 9.17) is 28.4 Å². The molecule has 3 fully saturated rings. The summed E-state index contributed by atoms with van der Waals surface area (Å²) in [6.07, 6.45) is 36.8. The number of allylic oxidation sites excluding steroid dienone is 12. The van der Waals surface area contributed by atoms with Gasteiger partial charge in [0.25, 0.3) is 0 Å². The summed E-state index contributed by atoms with van der Waals surface area (Å²) in [5, 5.41) is 121. The number of ether oxygens (including phenoxy) is 6. The molecule has 3 rings (SSSR count). The zero-order valence-electron chi connectivity index (χ0n) is 54.4. The number of rotatable bonds is 52. The van der Waals surface area contributed by atoms with Crippen molar-refractivity contribution in [2.75, 3.05) is 26.4 Å². The molecule has 19 nitrogen and oxygen atoms in total. The largest absolute Gasteiger partial charge is 0.394 e. The molecule has 0 aromatic carbocycles. The highest BCUT2D eigenvalue weighted by atomic mass is 16.8. The van der Waals surface area contributed by atoms with Gasteiger partial charge in [0.2, 0.25) is 5.91 Å². The molecule has 0 aromatic rings. The molecule has 0 aliphatic carbocycles. The number of amides is 1. The number of unbranched alkanes of at least 4 members (excludes halogenated alkanes) is 24. The first-order chi connectivity index (χ1) is 43.3. The van der Waals surface area contributed by atoms with Gasteiger partial charge in [-0.05, 0) is 64.2 Å². The minimum absolute atomic E-state index is 0.233. The van der Waals surface area contributed by atoms with Gasteiger partial charge in [-0.15, -0.1) is 0 Å². The van der Waals surface area contributed by atoms with Gasteiger partial charge in [0.1, 0.15) is 73.2 Å². The van der Waals surface area contributed by atoms with E-state index >= 15 is 0 Å². The maximum absolute atomic E-state index is 13.4. The lowest BCUT2D eigenvalue weighted by molar-refractivity contribution is -0.379. The summed E-state index contributed by atoms with van der Waals surface area (Å²) < 4.78 is 34.4. The molecule has 89 heavy (non-hydrogen) atoms. The van der Waals surface area contributed by atoms with Crippen LogP contribution in [0.15, 0.2) is 72.9 Å². The van der Waals surface area contributed by atoms with Gasteiger partial charge in [-0.3, -0.25) is 4.79 Å². The van der Waals surface area contributed by atoms with E-state index in [0.717, 1.165) is 89.9 Å². The SMILES string of the molecule is CC/C=C\C/C=C\C/C=C\C/C=C\C/C=C\C/C=C\CCCCCCC(=O)NC(COC1OC(CO)C(OC2OC(CO)C(OC3OC(CO)C(O)C(O)C3O)C(O)C2O)C(O)C1O)C(O)CCCCCCCCCCCCCCCCCCCCCCC. The average molecular weight is 1270 g/mol. The second-order valence-corrected chi connectivity index (χ2v) is 24.6. The highest BCUT2D eigenvalue weighted by Gasteiger charge is 2.53. The normalized spacial score (nSPS) is 28.7. The first kappa shape index (κ1) is 80.5. The third-order valence-electron chi connectivity index (χ3n) is 17.0. The lowest BCUT2D eigenvalue weighted by Gasteiger charge is -2.48. The number of nitrogens with one attached hydrogen (secondary N) is 1. The van der Waals surface area contributed by atoms with E-state index in [0.29, 0.717) is 12.8 Å². The maximum atomic E-state index is 13.4. The molecule has 3 saturated heterocycles. The van der Waals surface area contributed by atoms with Crippen LogP contribution in [0.2, 0.25) is 0 Å². The van der Waals surface area contributed by atoms with Crippen molar-refractivity contribution < 1.29 is 89.4 Å². The van der Waals surface area contributed by atoms with Crippen LogP contribution < -0.4 is 5.32 Å². The van der Waals surface area contributed by atoms with Crippen LogP contribution in [0, 0.1) is 0 Å². The Morgan fingerprint density at radius 1 is 0.416 bits per heavy atom. The van der Waals surface area contributed by atoms with E-state index in [2.05, 4.69) is 92.1 Å². The van der Waals surface area contributed by atoms with E-state index < -0.39 is 124 Å². The van der Waals surface area contributed by atoms with Crippen LogP contribution in [0.25, 0.3) is 0 Å². The van der Waals surface area contributed by atoms with Gasteiger partial charge in [0, 0.05) is 6.42 Å². The van der Waals surface area contributed by atoms with Crippen LogP contribution in [0.4, 0.5) is 0 Å². The van der Waals surface area contributed by atoms with Gasteiger partial charge in [-0.25, -0.2) is 0 Å². The summed E-state index contributed by atoms with van der Waals surface area (Å²) in [7, 11) is 0. The smallest absolute Gasteiger partial charge is 0.220 e. The Kier molecular flexibility index (Phi) is 46.7. The molecule has 17 unspecified atom stereocenters. The molecule has 0 aromatic heterocycles. The molecule has 516 valence electrons. The van der Waals surface area contributed by atoms with Crippen LogP contribution in [0.3, 0.4) is 0 Å². The third-order valence-corrected chi connectivity index (χ3v) is 17.0. The average Bonchev–Trinajstić information content (AvgIpc) is 2.09. The second kappa shape index (κ2) is 51.6. The summed E-state index contributed by atoms with van der Waals surface area (Å²) in [6, 6.07) is -0.906. The fraction of sp³-hybridized carbons (Fsp3) is 0.814. The van der Waals surface area contributed by atoms with Crippen LogP contribution in [0.1, 0.15) is 232 Å².